The van der Waals surface area contributed by atoms with Gasteiger partial charge in [-0.3, -0.25) is 4.79 Å². The van der Waals surface area contributed by atoms with Crippen LogP contribution in [-0.2, 0) is 11.3 Å². The zero-order chi connectivity index (χ0) is 21.1. The number of likely N-dealkylation sites (tertiary alicyclic amines) is 1. The molecule has 1 fully saturated rings. The van der Waals surface area contributed by atoms with Crippen LogP contribution in [0.1, 0.15) is 24.5 Å². The number of carbonyl (C=O) groups excluding carboxylic acids is 1. The summed E-state index contributed by atoms with van der Waals surface area (Å²) in [5.41, 5.74) is 3.00. The van der Waals surface area contributed by atoms with E-state index in [1.807, 2.05) is 60.6 Å². The van der Waals surface area contributed by atoms with Crippen molar-refractivity contribution in [3.8, 4) is 11.1 Å². The van der Waals surface area contributed by atoms with E-state index in [1.54, 1.807) is 17.1 Å². The van der Waals surface area contributed by atoms with Crippen molar-refractivity contribution < 1.29 is 4.79 Å². The second-order valence-electron chi connectivity index (χ2n) is 7.78. The molecule has 1 saturated heterocycles. The number of hydrogen-bond acceptors (Lipinski definition) is 5. The van der Waals surface area contributed by atoms with Gasteiger partial charge < -0.3 is 14.4 Å². The number of rotatable bonds is 5. The minimum atomic E-state index is 0.104. The van der Waals surface area contributed by atoms with Crippen molar-refractivity contribution in [2.24, 2.45) is 0 Å². The van der Waals surface area contributed by atoms with E-state index in [0.717, 1.165) is 36.2 Å². The molecule has 1 aliphatic rings. The van der Waals surface area contributed by atoms with Gasteiger partial charge in [0.1, 0.15) is 6.54 Å². The zero-order valence-corrected chi connectivity index (χ0v) is 18.0. The highest BCUT2D eigenvalue weighted by molar-refractivity contribution is 6.30. The molecule has 1 unspecified atom stereocenters. The Labute approximate surface area is 181 Å². The maximum Gasteiger partial charge on any atom is 0.242 e. The SMILES string of the molecule is CN(C)c1ncc(-c2ccc(Cl)cc2)c(C2CCCN(C(=O)Cn3ccnc3)C2)n1. The van der Waals surface area contributed by atoms with E-state index in [2.05, 4.69) is 9.97 Å². The zero-order valence-electron chi connectivity index (χ0n) is 17.2. The molecule has 3 heterocycles. The molecule has 2 aromatic heterocycles. The molecule has 4 rings (SSSR count). The van der Waals surface area contributed by atoms with Crippen LogP contribution in [0.2, 0.25) is 5.02 Å². The van der Waals surface area contributed by atoms with E-state index in [9.17, 15) is 4.79 Å². The lowest BCUT2D eigenvalue weighted by molar-refractivity contribution is -0.133. The fraction of sp³-hybridized carbons (Fsp3) is 0.364. The van der Waals surface area contributed by atoms with E-state index >= 15 is 0 Å². The summed E-state index contributed by atoms with van der Waals surface area (Å²) >= 11 is 6.08. The van der Waals surface area contributed by atoms with E-state index in [4.69, 9.17) is 16.6 Å². The largest absolute Gasteiger partial charge is 0.347 e. The number of anilines is 1. The van der Waals surface area contributed by atoms with E-state index in [1.165, 1.54) is 0 Å². The van der Waals surface area contributed by atoms with Crippen molar-refractivity contribution in [2.75, 3.05) is 32.1 Å². The Morgan fingerprint density at radius 3 is 2.77 bits per heavy atom. The number of aromatic nitrogens is 4. The van der Waals surface area contributed by atoms with Gasteiger partial charge in [0, 0.05) is 62.3 Å². The van der Waals surface area contributed by atoms with Crippen molar-refractivity contribution >= 4 is 23.5 Å². The third-order valence-electron chi connectivity index (χ3n) is 5.40. The van der Waals surface area contributed by atoms with Crippen LogP contribution in [0.25, 0.3) is 11.1 Å². The van der Waals surface area contributed by atoms with E-state index in [0.29, 0.717) is 24.1 Å². The van der Waals surface area contributed by atoms with Crippen LogP contribution < -0.4 is 4.90 Å². The van der Waals surface area contributed by atoms with Crippen LogP contribution in [0, 0.1) is 0 Å². The van der Waals surface area contributed by atoms with Gasteiger partial charge in [-0.1, -0.05) is 23.7 Å². The monoisotopic (exact) mass is 424 g/mol. The highest BCUT2D eigenvalue weighted by Gasteiger charge is 2.28. The quantitative estimate of drug-likeness (QED) is 0.627. The molecule has 1 aromatic carbocycles. The third-order valence-corrected chi connectivity index (χ3v) is 5.65. The molecule has 7 nitrogen and oxygen atoms in total. The van der Waals surface area contributed by atoms with Gasteiger partial charge in [0.15, 0.2) is 0 Å². The van der Waals surface area contributed by atoms with Crippen molar-refractivity contribution in [3.63, 3.8) is 0 Å². The molecule has 156 valence electrons. The molecule has 8 heteroatoms. The summed E-state index contributed by atoms with van der Waals surface area (Å²) in [5, 5.41) is 0.695. The molecule has 1 aliphatic heterocycles. The second-order valence-corrected chi connectivity index (χ2v) is 8.22. The second kappa shape index (κ2) is 8.83. The summed E-state index contributed by atoms with van der Waals surface area (Å²) in [4.78, 5) is 30.1. The van der Waals surface area contributed by atoms with Crippen molar-refractivity contribution in [3.05, 3.63) is 59.9 Å². The van der Waals surface area contributed by atoms with Crippen LogP contribution in [0.15, 0.2) is 49.2 Å². The molecule has 0 radical (unpaired) electrons. The standard InChI is InChI=1S/C22H25ClN6O/c1-27(2)22-25-12-19(16-5-7-18(23)8-6-16)21(26-22)17-4-3-10-29(13-17)20(30)14-28-11-9-24-15-28/h5-9,11-12,15,17H,3-4,10,13-14H2,1-2H3. The number of imidazole rings is 1. The summed E-state index contributed by atoms with van der Waals surface area (Å²) in [7, 11) is 3.87. The van der Waals surface area contributed by atoms with Gasteiger partial charge in [0.25, 0.3) is 0 Å². The number of halogens is 1. The van der Waals surface area contributed by atoms with Crippen LogP contribution in [0.5, 0.6) is 0 Å². The third kappa shape index (κ3) is 4.46. The summed E-state index contributed by atoms with van der Waals surface area (Å²) < 4.78 is 1.81. The highest BCUT2D eigenvalue weighted by atomic mass is 35.5. The van der Waals surface area contributed by atoms with Gasteiger partial charge in [0.05, 0.1) is 12.0 Å². The van der Waals surface area contributed by atoms with Crippen LogP contribution >= 0.6 is 11.6 Å². The molecular weight excluding hydrogens is 400 g/mol. The maximum absolute atomic E-state index is 12.8. The number of benzene rings is 1. The molecule has 0 N–H and O–H groups in total. The Kier molecular flexibility index (Phi) is 5.99. The van der Waals surface area contributed by atoms with Gasteiger partial charge in [0.2, 0.25) is 11.9 Å². The lowest BCUT2D eigenvalue weighted by atomic mass is 9.90. The molecule has 30 heavy (non-hydrogen) atoms. The molecule has 0 aliphatic carbocycles. The Balaban J connectivity index is 1.63. The summed E-state index contributed by atoms with van der Waals surface area (Å²) in [6.45, 7) is 1.73. The normalized spacial score (nSPS) is 16.5. The molecular formula is C22H25ClN6O. The van der Waals surface area contributed by atoms with Crippen molar-refractivity contribution in [2.45, 2.75) is 25.3 Å². The number of hydrogen-bond donors (Lipinski definition) is 0. The van der Waals surface area contributed by atoms with Crippen molar-refractivity contribution in [1.29, 1.82) is 0 Å². The summed E-state index contributed by atoms with van der Waals surface area (Å²) in [5.74, 6) is 0.926. The average Bonchev–Trinajstić information content (AvgIpc) is 3.27. The fourth-order valence-corrected chi connectivity index (χ4v) is 3.95. The van der Waals surface area contributed by atoms with Gasteiger partial charge >= 0.3 is 0 Å². The Bertz CT molecular complexity index is 1000. The molecule has 0 saturated carbocycles. The Hall–Kier alpha value is -2.93. The first-order valence-electron chi connectivity index (χ1n) is 10.0. The molecule has 0 bridgehead atoms. The lowest BCUT2D eigenvalue weighted by Crippen LogP contribution is -2.41. The number of carbonyl (C=O) groups is 1. The minimum Gasteiger partial charge on any atom is -0.347 e. The first-order valence-corrected chi connectivity index (χ1v) is 10.4. The molecule has 0 spiro atoms. The van der Waals surface area contributed by atoms with Crippen LogP contribution in [-0.4, -0.2) is 57.5 Å². The average molecular weight is 425 g/mol. The molecule has 1 amide bonds. The van der Waals surface area contributed by atoms with Gasteiger partial charge in [-0.25, -0.2) is 15.0 Å². The maximum atomic E-state index is 12.8. The topological polar surface area (TPSA) is 67.2 Å². The van der Waals surface area contributed by atoms with Crippen LogP contribution in [0.3, 0.4) is 0 Å². The highest BCUT2D eigenvalue weighted by Crippen LogP contribution is 2.34. The Morgan fingerprint density at radius 1 is 1.27 bits per heavy atom. The molecule has 3 aromatic rings. The minimum absolute atomic E-state index is 0.104. The van der Waals surface area contributed by atoms with Crippen molar-refractivity contribution in [1.82, 2.24) is 24.4 Å². The number of nitrogens with zero attached hydrogens (tertiary/aromatic N) is 6. The first-order chi connectivity index (χ1) is 14.5. The summed E-state index contributed by atoms with van der Waals surface area (Å²) in [6, 6.07) is 7.74. The molecule has 1 atom stereocenters. The Morgan fingerprint density at radius 2 is 2.07 bits per heavy atom. The first kappa shape index (κ1) is 20.3. The fourth-order valence-electron chi connectivity index (χ4n) is 3.83. The predicted molar refractivity (Wildman–Crippen MR) is 118 cm³/mol. The smallest absolute Gasteiger partial charge is 0.242 e. The summed E-state index contributed by atoms with van der Waals surface area (Å²) in [6.07, 6.45) is 8.99. The lowest BCUT2D eigenvalue weighted by Gasteiger charge is -2.33. The van der Waals surface area contributed by atoms with Gasteiger partial charge in [-0.15, -0.1) is 0 Å². The van der Waals surface area contributed by atoms with E-state index < -0.39 is 0 Å². The number of amides is 1. The van der Waals surface area contributed by atoms with Gasteiger partial charge in [-0.05, 0) is 30.5 Å². The van der Waals surface area contributed by atoms with E-state index in [-0.39, 0.29) is 11.8 Å². The number of piperidine rings is 1. The van der Waals surface area contributed by atoms with Gasteiger partial charge in [-0.2, -0.15) is 0 Å². The predicted octanol–water partition coefficient (Wildman–Crippen LogP) is 3.47. The van der Waals surface area contributed by atoms with Crippen LogP contribution in [0.4, 0.5) is 5.95 Å².